The van der Waals surface area contributed by atoms with Crippen LogP contribution in [0.2, 0.25) is 0 Å². The summed E-state index contributed by atoms with van der Waals surface area (Å²) in [5.41, 5.74) is 6.20. The largest absolute Gasteiger partial charge is 0.508 e. The van der Waals surface area contributed by atoms with Crippen LogP contribution in [0.3, 0.4) is 0 Å². The fraction of sp³-hybridized carbons (Fsp3) is 0.500. The molecule has 0 amide bonds. The molecule has 0 heterocycles. The Morgan fingerprint density at radius 1 is 1.12 bits per heavy atom. The summed E-state index contributed by atoms with van der Waals surface area (Å²) in [4.78, 5) is 0. The Labute approximate surface area is 95.3 Å². The Bertz CT molecular complexity index is 329. The zero-order valence-electron chi connectivity index (χ0n) is 9.48. The van der Waals surface area contributed by atoms with Crippen LogP contribution in [0, 0.1) is 0 Å². The standard InChI is InChI=1S/C12H19NO3/c1-2-3-4-5-9(13)12-10(15)6-8(14)7-11(12)16/h6-7,9,14-16H,2-5,13H2,1H3/t9-/m1/s1. The van der Waals surface area contributed by atoms with Gasteiger partial charge in [-0.3, -0.25) is 0 Å². The normalized spacial score (nSPS) is 12.6. The second-order valence-electron chi connectivity index (χ2n) is 4.00. The first-order valence-electron chi connectivity index (χ1n) is 5.56. The van der Waals surface area contributed by atoms with Crippen LogP contribution in [0.25, 0.3) is 0 Å². The van der Waals surface area contributed by atoms with E-state index in [9.17, 15) is 10.2 Å². The summed E-state index contributed by atoms with van der Waals surface area (Å²) in [6.07, 6.45) is 3.84. The van der Waals surface area contributed by atoms with Crippen molar-refractivity contribution in [2.24, 2.45) is 5.73 Å². The molecule has 0 fully saturated rings. The van der Waals surface area contributed by atoms with E-state index in [1.807, 2.05) is 0 Å². The molecular formula is C12H19NO3. The van der Waals surface area contributed by atoms with Crippen molar-refractivity contribution in [1.29, 1.82) is 0 Å². The molecule has 0 aromatic heterocycles. The number of aromatic hydroxyl groups is 3. The van der Waals surface area contributed by atoms with Crippen LogP contribution in [0.15, 0.2) is 12.1 Å². The smallest absolute Gasteiger partial charge is 0.127 e. The average Bonchev–Trinajstić information content (AvgIpc) is 2.16. The molecule has 4 nitrogen and oxygen atoms in total. The van der Waals surface area contributed by atoms with Gasteiger partial charge in [0.05, 0.1) is 5.56 Å². The molecule has 1 atom stereocenters. The van der Waals surface area contributed by atoms with E-state index in [-0.39, 0.29) is 17.2 Å². The Hall–Kier alpha value is -1.42. The molecule has 1 rings (SSSR count). The van der Waals surface area contributed by atoms with Crippen LogP contribution >= 0.6 is 0 Å². The van der Waals surface area contributed by atoms with E-state index in [1.165, 1.54) is 12.1 Å². The summed E-state index contributed by atoms with van der Waals surface area (Å²) in [5, 5.41) is 28.4. The number of benzene rings is 1. The minimum absolute atomic E-state index is 0.151. The van der Waals surface area contributed by atoms with E-state index in [2.05, 4.69) is 6.92 Å². The highest BCUT2D eigenvalue weighted by Gasteiger charge is 2.16. The fourth-order valence-corrected chi connectivity index (χ4v) is 1.75. The van der Waals surface area contributed by atoms with Gasteiger partial charge < -0.3 is 21.1 Å². The number of unbranched alkanes of at least 4 members (excludes halogenated alkanes) is 2. The van der Waals surface area contributed by atoms with Gasteiger partial charge >= 0.3 is 0 Å². The van der Waals surface area contributed by atoms with Gasteiger partial charge in [0, 0.05) is 18.2 Å². The van der Waals surface area contributed by atoms with E-state index in [0.717, 1.165) is 19.3 Å². The summed E-state index contributed by atoms with van der Waals surface area (Å²) in [6, 6.07) is 1.98. The van der Waals surface area contributed by atoms with E-state index in [4.69, 9.17) is 10.8 Å². The van der Waals surface area contributed by atoms with Crippen LogP contribution < -0.4 is 5.73 Å². The molecule has 1 aromatic rings. The van der Waals surface area contributed by atoms with Crippen molar-refractivity contribution in [3.63, 3.8) is 0 Å². The lowest BCUT2D eigenvalue weighted by Crippen LogP contribution is -2.10. The molecule has 5 N–H and O–H groups in total. The number of phenolic OH excluding ortho intramolecular Hbond substituents is 3. The van der Waals surface area contributed by atoms with Gasteiger partial charge in [-0.25, -0.2) is 0 Å². The Morgan fingerprint density at radius 2 is 1.69 bits per heavy atom. The van der Waals surface area contributed by atoms with Gasteiger partial charge in [-0.1, -0.05) is 26.2 Å². The lowest BCUT2D eigenvalue weighted by Gasteiger charge is -2.15. The van der Waals surface area contributed by atoms with E-state index < -0.39 is 6.04 Å². The third-order valence-electron chi connectivity index (χ3n) is 2.61. The molecule has 0 spiro atoms. The highest BCUT2D eigenvalue weighted by molar-refractivity contribution is 5.50. The molecule has 0 saturated heterocycles. The zero-order valence-corrected chi connectivity index (χ0v) is 9.48. The first-order chi connectivity index (χ1) is 7.56. The molecule has 0 radical (unpaired) electrons. The van der Waals surface area contributed by atoms with Crippen molar-refractivity contribution >= 4 is 0 Å². The quantitative estimate of drug-likeness (QED) is 0.579. The highest BCUT2D eigenvalue weighted by Crippen LogP contribution is 2.37. The molecule has 1 aromatic carbocycles. The second kappa shape index (κ2) is 5.61. The van der Waals surface area contributed by atoms with Gasteiger partial charge in [0.15, 0.2) is 0 Å². The summed E-state index contributed by atoms with van der Waals surface area (Å²) in [7, 11) is 0. The maximum atomic E-state index is 9.60. The van der Waals surface area contributed by atoms with E-state index in [1.54, 1.807) is 0 Å². The minimum Gasteiger partial charge on any atom is -0.508 e. The Balaban J connectivity index is 2.78. The fourth-order valence-electron chi connectivity index (χ4n) is 1.75. The molecular weight excluding hydrogens is 206 g/mol. The highest BCUT2D eigenvalue weighted by atomic mass is 16.3. The zero-order chi connectivity index (χ0) is 12.1. The molecule has 0 unspecified atom stereocenters. The van der Waals surface area contributed by atoms with Gasteiger partial charge in [0.1, 0.15) is 17.2 Å². The van der Waals surface area contributed by atoms with Crippen LogP contribution in [0.1, 0.15) is 44.2 Å². The minimum atomic E-state index is -0.396. The lowest BCUT2D eigenvalue weighted by atomic mass is 9.99. The Morgan fingerprint density at radius 3 is 2.19 bits per heavy atom. The van der Waals surface area contributed by atoms with Crippen LogP contribution in [-0.4, -0.2) is 15.3 Å². The molecule has 0 bridgehead atoms. The van der Waals surface area contributed by atoms with Crippen molar-refractivity contribution in [3.8, 4) is 17.2 Å². The monoisotopic (exact) mass is 225 g/mol. The topological polar surface area (TPSA) is 86.7 Å². The number of hydrogen-bond acceptors (Lipinski definition) is 4. The molecule has 0 aliphatic rings. The third kappa shape index (κ3) is 3.03. The predicted octanol–water partition coefficient (Wildman–Crippen LogP) is 2.38. The van der Waals surface area contributed by atoms with Gasteiger partial charge in [0.2, 0.25) is 0 Å². The van der Waals surface area contributed by atoms with Crippen molar-refractivity contribution in [2.75, 3.05) is 0 Å². The van der Waals surface area contributed by atoms with Crippen LogP contribution in [-0.2, 0) is 0 Å². The summed E-state index contributed by atoms with van der Waals surface area (Å²) < 4.78 is 0. The van der Waals surface area contributed by atoms with Crippen LogP contribution in [0.4, 0.5) is 0 Å². The number of nitrogens with two attached hydrogens (primary N) is 1. The maximum Gasteiger partial charge on any atom is 0.127 e. The summed E-state index contributed by atoms with van der Waals surface area (Å²) >= 11 is 0. The summed E-state index contributed by atoms with van der Waals surface area (Å²) in [6.45, 7) is 2.10. The maximum absolute atomic E-state index is 9.60. The molecule has 0 aliphatic heterocycles. The molecule has 16 heavy (non-hydrogen) atoms. The van der Waals surface area contributed by atoms with E-state index >= 15 is 0 Å². The first-order valence-corrected chi connectivity index (χ1v) is 5.56. The molecule has 0 aliphatic carbocycles. The third-order valence-corrected chi connectivity index (χ3v) is 2.61. The molecule has 90 valence electrons. The van der Waals surface area contributed by atoms with Gasteiger partial charge in [-0.05, 0) is 6.42 Å². The number of hydrogen-bond donors (Lipinski definition) is 4. The lowest BCUT2D eigenvalue weighted by molar-refractivity contribution is 0.407. The van der Waals surface area contributed by atoms with Crippen molar-refractivity contribution in [1.82, 2.24) is 0 Å². The summed E-state index contributed by atoms with van der Waals surface area (Å²) in [5.74, 6) is -0.470. The molecule has 0 saturated carbocycles. The SMILES string of the molecule is CCCCC[C@@H](N)c1c(O)cc(O)cc1O. The van der Waals surface area contributed by atoms with Gasteiger partial charge in [-0.15, -0.1) is 0 Å². The second-order valence-corrected chi connectivity index (χ2v) is 4.00. The van der Waals surface area contributed by atoms with Gasteiger partial charge in [0.25, 0.3) is 0 Å². The molecule has 4 heteroatoms. The number of rotatable bonds is 5. The first kappa shape index (κ1) is 12.6. The van der Waals surface area contributed by atoms with Crippen LogP contribution in [0.5, 0.6) is 17.2 Å². The predicted molar refractivity (Wildman–Crippen MR) is 62.5 cm³/mol. The van der Waals surface area contributed by atoms with E-state index in [0.29, 0.717) is 12.0 Å². The number of phenols is 3. The van der Waals surface area contributed by atoms with Crippen molar-refractivity contribution in [3.05, 3.63) is 17.7 Å². The average molecular weight is 225 g/mol. The van der Waals surface area contributed by atoms with Crippen molar-refractivity contribution < 1.29 is 15.3 Å². The Kier molecular flexibility index (Phi) is 4.43. The van der Waals surface area contributed by atoms with Gasteiger partial charge in [-0.2, -0.15) is 0 Å². The van der Waals surface area contributed by atoms with Crippen molar-refractivity contribution in [2.45, 2.75) is 38.6 Å².